The number of ether oxygens (including phenoxy) is 1. The standard InChI is InChI=1S/C11H24O3Si.C2H6/c1-4-12-11-9-7-8-10-15(11,13-5-2)14-6-3;1-2/h11H,4-10H2,1-3H3;1-2H3. The van der Waals surface area contributed by atoms with E-state index in [1.54, 1.807) is 0 Å². The molecular weight excluding hydrogens is 232 g/mol. The molecule has 1 saturated heterocycles. The minimum Gasteiger partial charge on any atom is -0.393 e. The molecule has 1 aliphatic heterocycles. The average molecular weight is 262 g/mol. The molecule has 104 valence electrons. The van der Waals surface area contributed by atoms with Gasteiger partial charge in [0.15, 0.2) is 0 Å². The van der Waals surface area contributed by atoms with E-state index < -0.39 is 8.56 Å². The van der Waals surface area contributed by atoms with E-state index in [2.05, 4.69) is 0 Å². The highest BCUT2D eigenvalue weighted by Crippen LogP contribution is 2.32. The summed E-state index contributed by atoms with van der Waals surface area (Å²) in [6, 6.07) is 1.10. The molecule has 0 saturated carbocycles. The highest BCUT2D eigenvalue weighted by atomic mass is 28.4. The maximum absolute atomic E-state index is 5.97. The largest absolute Gasteiger partial charge is 0.393 e. The molecule has 1 heterocycles. The first kappa shape index (κ1) is 17.1. The Balaban J connectivity index is 0.00000121. The van der Waals surface area contributed by atoms with Crippen LogP contribution in [0.5, 0.6) is 0 Å². The van der Waals surface area contributed by atoms with Crippen molar-refractivity contribution in [1.29, 1.82) is 0 Å². The molecule has 17 heavy (non-hydrogen) atoms. The van der Waals surface area contributed by atoms with Crippen LogP contribution in [-0.2, 0) is 13.6 Å². The second-order valence-corrected chi connectivity index (χ2v) is 7.21. The van der Waals surface area contributed by atoms with Gasteiger partial charge in [0.2, 0.25) is 0 Å². The van der Waals surface area contributed by atoms with Crippen molar-refractivity contribution in [2.24, 2.45) is 0 Å². The maximum atomic E-state index is 5.97. The summed E-state index contributed by atoms with van der Waals surface area (Å²) in [5.41, 5.74) is 0.246. The molecule has 1 fully saturated rings. The van der Waals surface area contributed by atoms with Gasteiger partial charge in [-0.15, -0.1) is 0 Å². The zero-order valence-electron chi connectivity index (χ0n) is 12.3. The molecule has 0 amide bonds. The van der Waals surface area contributed by atoms with Crippen molar-refractivity contribution in [2.45, 2.75) is 65.7 Å². The van der Waals surface area contributed by atoms with Crippen LogP contribution < -0.4 is 0 Å². The summed E-state index contributed by atoms with van der Waals surface area (Å²) in [4.78, 5) is 0. The smallest absolute Gasteiger partial charge is 0.368 e. The van der Waals surface area contributed by atoms with Crippen LogP contribution in [0.1, 0.15) is 53.9 Å². The Morgan fingerprint density at radius 2 is 1.53 bits per heavy atom. The third-order valence-corrected chi connectivity index (χ3v) is 6.92. The summed E-state index contributed by atoms with van der Waals surface area (Å²) < 4.78 is 17.8. The molecule has 1 aliphatic rings. The number of hydrogen-bond acceptors (Lipinski definition) is 3. The van der Waals surface area contributed by atoms with E-state index in [0.717, 1.165) is 32.3 Å². The van der Waals surface area contributed by atoms with Crippen LogP contribution in [-0.4, -0.2) is 34.1 Å². The Morgan fingerprint density at radius 3 is 2.00 bits per heavy atom. The monoisotopic (exact) mass is 262 g/mol. The number of rotatable bonds is 6. The molecule has 0 aromatic heterocycles. The van der Waals surface area contributed by atoms with Crippen molar-refractivity contribution in [3.63, 3.8) is 0 Å². The van der Waals surface area contributed by atoms with E-state index in [1.165, 1.54) is 12.8 Å². The van der Waals surface area contributed by atoms with Crippen LogP contribution in [0.15, 0.2) is 0 Å². The molecule has 1 rings (SSSR count). The quantitative estimate of drug-likeness (QED) is 0.684. The Bertz CT molecular complexity index is 163. The summed E-state index contributed by atoms with van der Waals surface area (Å²) in [7, 11) is -2.06. The van der Waals surface area contributed by atoms with Crippen LogP contribution in [0.2, 0.25) is 6.04 Å². The van der Waals surface area contributed by atoms with E-state index in [9.17, 15) is 0 Å². The fraction of sp³-hybridized carbons (Fsp3) is 1.00. The van der Waals surface area contributed by atoms with E-state index in [1.807, 2.05) is 34.6 Å². The third-order valence-electron chi connectivity index (χ3n) is 2.88. The third kappa shape index (κ3) is 5.08. The van der Waals surface area contributed by atoms with Gasteiger partial charge in [0.1, 0.15) is 5.73 Å². The normalized spacial score (nSPS) is 22.8. The van der Waals surface area contributed by atoms with Crippen LogP contribution >= 0.6 is 0 Å². The maximum Gasteiger partial charge on any atom is 0.368 e. The van der Waals surface area contributed by atoms with Crippen molar-refractivity contribution in [3.05, 3.63) is 0 Å². The molecule has 1 atom stereocenters. The first-order valence-corrected chi connectivity index (χ1v) is 9.28. The second-order valence-electron chi connectivity index (χ2n) is 3.87. The fourth-order valence-electron chi connectivity index (χ4n) is 2.35. The average Bonchev–Trinajstić information content (AvgIpc) is 2.36. The topological polar surface area (TPSA) is 27.7 Å². The predicted octanol–water partition coefficient (Wildman–Crippen LogP) is 3.66. The van der Waals surface area contributed by atoms with Gasteiger partial charge in [-0.1, -0.05) is 26.7 Å². The van der Waals surface area contributed by atoms with E-state index in [4.69, 9.17) is 13.6 Å². The van der Waals surface area contributed by atoms with E-state index >= 15 is 0 Å². The molecular formula is C13H30O3Si. The van der Waals surface area contributed by atoms with Gasteiger partial charge in [-0.3, -0.25) is 0 Å². The second kappa shape index (κ2) is 10.1. The molecule has 3 nitrogen and oxygen atoms in total. The summed E-state index contributed by atoms with van der Waals surface area (Å²) >= 11 is 0. The highest BCUT2D eigenvalue weighted by molar-refractivity contribution is 6.69. The van der Waals surface area contributed by atoms with Crippen LogP contribution in [0.25, 0.3) is 0 Å². The minimum atomic E-state index is -2.06. The van der Waals surface area contributed by atoms with Crippen LogP contribution in [0.3, 0.4) is 0 Å². The first-order valence-electron chi connectivity index (χ1n) is 7.18. The van der Waals surface area contributed by atoms with Gasteiger partial charge in [-0.2, -0.15) is 0 Å². The zero-order valence-corrected chi connectivity index (χ0v) is 13.3. The Morgan fingerprint density at radius 1 is 0.941 bits per heavy atom. The zero-order chi connectivity index (χ0) is 13.1. The fourth-order valence-corrected chi connectivity index (χ4v) is 6.20. The SMILES string of the molecule is CC.CCOC1CCCC[Si]1(OCC)OCC. The lowest BCUT2D eigenvalue weighted by atomic mass is 10.2. The number of hydrogen-bond donors (Lipinski definition) is 0. The van der Waals surface area contributed by atoms with Crippen LogP contribution in [0, 0.1) is 0 Å². The molecule has 1 unspecified atom stereocenters. The summed E-state index contributed by atoms with van der Waals surface area (Å²) in [5.74, 6) is 0. The van der Waals surface area contributed by atoms with Gasteiger partial charge in [0, 0.05) is 19.8 Å². The van der Waals surface area contributed by atoms with Gasteiger partial charge in [0.05, 0.1) is 0 Å². The van der Waals surface area contributed by atoms with Crippen molar-refractivity contribution < 1.29 is 13.6 Å². The van der Waals surface area contributed by atoms with Crippen molar-refractivity contribution in [2.75, 3.05) is 19.8 Å². The van der Waals surface area contributed by atoms with Gasteiger partial charge in [0.25, 0.3) is 0 Å². The molecule has 0 N–H and O–H groups in total. The summed E-state index contributed by atoms with van der Waals surface area (Å²) in [5, 5.41) is 0. The van der Waals surface area contributed by atoms with Gasteiger partial charge in [-0.25, -0.2) is 0 Å². The minimum absolute atomic E-state index is 0.246. The molecule has 0 radical (unpaired) electrons. The lowest BCUT2D eigenvalue weighted by molar-refractivity contribution is 0.0396. The molecule has 0 aromatic rings. The van der Waals surface area contributed by atoms with Crippen LogP contribution in [0.4, 0.5) is 0 Å². The molecule has 4 heteroatoms. The van der Waals surface area contributed by atoms with Gasteiger partial charge >= 0.3 is 8.56 Å². The van der Waals surface area contributed by atoms with E-state index in [0.29, 0.717) is 0 Å². The lowest BCUT2D eigenvalue weighted by Gasteiger charge is -2.39. The van der Waals surface area contributed by atoms with Gasteiger partial charge in [-0.05, 0) is 33.2 Å². The first-order chi connectivity index (χ1) is 8.29. The van der Waals surface area contributed by atoms with Crippen molar-refractivity contribution in [1.82, 2.24) is 0 Å². The Hall–Kier alpha value is 0.0969. The Labute approximate surface area is 108 Å². The molecule has 0 spiro atoms. The van der Waals surface area contributed by atoms with Crippen molar-refractivity contribution >= 4 is 8.56 Å². The van der Waals surface area contributed by atoms with Crippen molar-refractivity contribution in [3.8, 4) is 0 Å². The highest BCUT2D eigenvalue weighted by Gasteiger charge is 2.48. The summed E-state index contributed by atoms with van der Waals surface area (Å²) in [6.07, 6.45) is 3.59. The summed E-state index contributed by atoms with van der Waals surface area (Å²) in [6.45, 7) is 12.4. The Kier molecular flexibility index (Phi) is 10.1. The molecule has 0 bridgehead atoms. The molecule has 0 aromatic carbocycles. The van der Waals surface area contributed by atoms with E-state index in [-0.39, 0.29) is 5.73 Å². The lowest BCUT2D eigenvalue weighted by Crippen LogP contribution is -2.56. The van der Waals surface area contributed by atoms with Gasteiger partial charge < -0.3 is 13.6 Å². The predicted molar refractivity (Wildman–Crippen MR) is 74.4 cm³/mol. The molecule has 0 aliphatic carbocycles.